The fraction of sp³-hybridized carbons (Fsp3) is 0.667. The van der Waals surface area contributed by atoms with Crippen molar-refractivity contribution in [3.63, 3.8) is 0 Å². The lowest BCUT2D eigenvalue weighted by molar-refractivity contribution is 0.125. The third-order valence-corrected chi connectivity index (χ3v) is 4.76. The van der Waals surface area contributed by atoms with Crippen LogP contribution in [0.4, 0.5) is 4.39 Å². The first-order valence-electron chi connectivity index (χ1n) is 8.65. The summed E-state index contributed by atoms with van der Waals surface area (Å²) < 4.78 is 19.8. The highest BCUT2D eigenvalue weighted by atomic mass is 35.5. The summed E-state index contributed by atoms with van der Waals surface area (Å²) >= 11 is 6.28. The van der Waals surface area contributed by atoms with E-state index in [9.17, 15) is 4.39 Å². The van der Waals surface area contributed by atoms with Crippen LogP contribution < -0.4 is 10.1 Å². The van der Waals surface area contributed by atoms with E-state index in [1.165, 1.54) is 0 Å². The fourth-order valence-electron chi connectivity index (χ4n) is 3.51. The zero-order chi connectivity index (χ0) is 16.8. The summed E-state index contributed by atoms with van der Waals surface area (Å²) in [5.74, 6) is 0.254. The summed E-state index contributed by atoms with van der Waals surface area (Å²) in [6.07, 6.45) is 2.23. The van der Waals surface area contributed by atoms with Crippen LogP contribution in [0.1, 0.15) is 45.2 Å². The van der Waals surface area contributed by atoms with Gasteiger partial charge in [0, 0.05) is 32.2 Å². The van der Waals surface area contributed by atoms with Crippen LogP contribution in [0.15, 0.2) is 12.1 Å². The summed E-state index contributed by atoms with van der Waals surface area (Å²) in [6.45, 7) is 10.6. The molecule has 0 aliphatic carbocycles. The molecule has 0 radical (unpaired) electrons. The Labute approximate surface area is 156 Å². The molecule has 1 aromatic carbocycles. The minimum absolute atomic E-state index is 0. The Bertz CT molecular complexity index is 487. The highest BCUT2D eigenvalue weighted by molar-refractivity contribution is 6.32. The number of benzene rings is 1. The normalized spacial score (nSPS) is 17.9. The van der Waals surface area contributed by atoms with Crippen molar-refractivity contribution in [2.24, 2.45) is 5.92 Å². The number of piperazine rings is 1. The molecule has 138 valence electrons. The van der Waals surface area contributed by atoms with Crippen molar-refractivity contribution in [3.8, 4) is 5.75 Å². The van der Waals surface area contributed by atoms with Gasteiger partial charge in [-0.05, 0) is 37.0 Å². The number of ether oxygens (including phenoxy) is 1. The van der Waals surface area contributed by atoms with Gasteiger partial charge in [-0.1, -0.05) is 31.9 Å². The van der Waals surface area contributed by atoms with Crippen LogP contribution in [0, 0.1) is 11.7 Å². The lowest BCUT2D eigenvalue weighted by Crippen LogP contribution is -2.46. The standard InChI is InChI=1S/C18H28ClFN2O.ClH/c1-4-6-13(3)17(22-9-7-21-8-10-22)14-11-15(19)18(23-5-2)16(20)12-14;/h11-13,17,21H,4-10H2,1-3H3;1H/t13?,17-;/m0./s1. The first-order chi connectivity index (χ1) is 11.1. The molecule has 1 aliphatic rings. The molecule has 1 aromatic rings. The van der Waals surface area contributed by atoms with Crippen molar-refractivity contribution in [1.82, 2.24) is 10.2 Å². The van der Waals surface area contributed by atoms with Crippen molar-refractivity contribution >= 4 is 24.0 Å². The number of nitrogens with one attached hydrogen (secondary N) is 1. The molecule has 3 nitrogen and oxygen atoms in total. The molecule has 24 heavy (non-hydrogen) atoms. The maximum absolute atomic E-state index is 14.4. The molecule has 1 fully saturated rings. The van der Waals surface area contributed by atoms with E-state index < -0.39 is 0 Å². The summed E-state index contributed by atoms with van der Waals surface area (Å²) in [7, 11) is 0. The van der Waals surface area contributed by atoms with Crippen molar-refractivity contribution in [1.29, 1.82) is 0 Å². The van der Waals surface area contributed by atoms with Gasteiger partial charge in [0.05, 0.1) is 11.6 Å². The number of nitrogens with zero attached hydrogens (tertiary/aromatic N) is 1. The van der Waals surface area contributed by atoms with Gasteiger partial charge in [0.2, 0.25) is 0 Å². The van der Waals surface area contributed by atoms with Crippen LogP contribution in [0.3, 0.4) is 0 Å². The molecule has 1 heterocycles. The number of halogens is 3. The Hall–Kier alpha value is -0.550. The summed E-state index contributed by atoms with van der Waals surface area (Å²) in [5, 5.41) is 3.75. The van der Waals surface area contributed by atoms with E-state index >= 15 is 0 Å². The number of hydrogen-bond donors (Lipinski definition) is 1. The maximum atomic E-state index is 14.4. The zero-order valence-electron chi connectivity index (χ0n) is 14.8. The molecular weight excluding hydrogens is 350 g/mol. The van der Waals surface area contributed by atoms with Crippen molar-refractivity contribution in [2.75, 3.05) is 32.8 Å². The molecule has 1 unspecified atom stereocenters. The van der Waals surface area contributed by atoms with E-state index in [0.29, 0.717) is 17.5 Å². The largest absolute Gasteiger partial charge is 0.489 e. The Kier molecular flexibility index (Phi) is 9.35. The molecule has 2 rings (SSSR count). The molecule has 0 saturated carbocycles. The van der Waals surface area contributed by atoms with E-state index in [1.54, 1.807) is 6.07 Å². The van der Waals surface area contributed by atoms with Gasteiger partial charge in [-0.2, -0.15) is 0 Å². The quantitative estimate of drug-likeness (QED) is 0.744. The van der Waals surface area contributed by atoms with Gasteiger partial charge in [-0.3, -0.25) is 4.90 Å². The van der Waals surface area contributed by atoms with E-state index in [-0.39, 0.29) is 30.0 Å². The Morgan fingerprint density at radius 1 is 1.29 bits per heavy atom. The van der Waals surface area contributed by atoms with Crippen molar-refractivity contribution in [3.05, 3.63) is 28.5 Å². The van der Waals surface area contributed by atoms with Gasteiger partial charge in [0.25, 0.3) is 0 Å². The Morgan fingerprint density at radius 2 is 1.96 bits per heavy atom. The lowest BCUT2D eigenvalue weighted by atomic mass is 9.89. The van der Waals surface area contributed by atoms with Gasteiger partial charge in [0.1, 0.15) is 0 Å². The molecule has 0 spiro atoms. The number of rotatable bonds is 7. The second-order valence-corrected chi connectivity index (χ2v) is 6.65. The highest BCUT2D eigenvalue weighted by Gasteiger charge is 2.28. The van der Waals surface area contributed by atoms with Gasteiger partial charge < -0.3 is 10.1 Å². The Morgan fingerprint density at radius 3 is 2.50 bits per heavy atom. The Balaban J connectivity index is 0.00000288. The first-order valence-corrected chi connectivity index (χ1v) is 9.02. The monoisotopic (exact) mass is 378 g/mol. The smallest absolute Gasteiger partial charge is 0.173 e. The average Bonchev–Trinajstić information content (AvgIpc) is 2.52. The van der Waals surface area contributed by atoms with E-state index in [2.05, 4.69) is 24.1 Å². The molecule has 0 amide bonds. The lowest BCUT2D eigenvalue weighted by Gasteiger charge is -2.39. The second-order valence-electron chi connectivity index (χ2n) is 6.24. The zero-order valence-corrected chi connectivity index (χ0v) is 16.4. The van der Waals surface area contributed by atoms with Gasteiger partial charge in [-0.15, -0.1) is 12.4 Å². The van der Waals surface area contributed by atoms with Crippen LogP contribution in [-0.2, 0) is 0 Å². The van der Waals surface area contributed by atoms with Crippen molar-refractivity contribution < 1.29 is 9.13 Å². The summed E-state index contributed by atoms with van der Waals surface area (Å²) in [4.78, 5) is 2.45. The van der Waals surface area contributed by atoms with Crippen LogP contribution in [0.5, 0.6) is 5.75 Å². The van der Waals surface area contributed by atoms with Crippen LogP contribution >= 0.6 is 24.0 Å². The van der Waals surface area contributed by atoms with Crippen LogP contribution in [0.25, 0.3) is 0 Å². The minimum atomic E-state index is -0.363. The third kappa shape index (κ3) is 5.22. The predicted molar refractivity (Wildman–Crippen MR) is 101 cm³/mol. The SMILES string of the molecule is CCCC(C)[C@@H](c1cc(F)c(OCC)c(Cl)c1)N1CCNCC1.Cl. The molecular formula is C18H29Cl2FN2O. The molecule has 0 bridgehead atoms. The van der Waals surface area contributed by atoms with E-state index in [0.717, 1.165) is 44.6 Å². The molecule has 1 saturated heterocycles. The van der Waals surface area contributed by atoms with Crippen molar-refractivity contribution in [2.45, 2.75) is 39.7 Å². The van der Waals surface area contributed by atoms with Crippen LogP contribution in [0.2, 0.25) is 5.02 Å². The molecule has 1 aliphatic heterocycles. The topological polar surface area (TPSA) is 24.5 Å². The second kappa shape index (κ2) is 10.4. The van der Waals surface area contributed by atoms with Gasteiger partial charge in [0.15, 0.2) is 11.6 Å². The minimum Gasteiger partial charge on any atom is -0.489 e. The molecule has 2 atom stereocenters. The molecule has 0 aromatic heterocycles. The maximum Gasteiger partial charge on any atom is 0.173 e. The molecule has 6 heteroatoms. The van der Waals surface area contributed by atoms with Crippen LogP contribution in [-0.4, -0.2) is 37.7 Å². The first kappa shape index (κ1) is 21.5. The predicted octanol–water partition coefficient (Wildman–Crippen LogP) is 4.68. The average molecular weight is 379 g/mol. The van der Waals surface area contributed by atoms with E-state index in [1.807, 2.05) is 13.0 Å². The number of hydrogen-bond acceptors (Lipinski definition) is 3. The molecule has 1 N–H and O–H groups in total. The van der Waals surface area contributed by atoms with Gasteiger partial charge in [-0.25, -0.2) is 4.39 Å². The fourth-order valence-corrected chi connectivity index (χ4v) is 3.78. The third-order valence-electron chi connectivity index (χ3n) is 4.48. The summed E-state index contributed by atoms with van der Waals surface area (Å²) in [5.41, 5.74) is 0.957. The van der Waals surface area contributed by atoms with Gasteiger partial charge >= 0.3 is 0 Å². The summed E-state index contributed by atoms with van der Waals surface area (Å²) in [6, 6.07) is 3.68. The highest BCUT2D eigenvalue weighted by Crippen LogP contribution is 2.37. The van der Waals surface area contributed by atoms with E-state index in [4.69, 9.17) is 16.3 Å².